The molecule has 0 aromatic carbocycles. The Kier molecular flexibility index (Phi) is 4.95. The highest BCUT2D eigenvalue weighted by molar-refractivity contribution is 9.10. The molecule has 0 saturated heterocycles. The molecule has 0 aliphatic carbocycles. The molecule has 7 heteroatoms. The van der Waals surface area contributed by atoms with E-state index in [1.807, 2.05) is 42.1 Å². The lowest BCUT2D eigenvalue weighted by Gasteiger charge is -2.20. The van der Waals surface area contributed by atoms with Gasteiger partial charge in [0.1, 0.15) is 0 Å². The molecule has 0 fully saturated rings. The Balaban J connectivity index is 2.34. The molecule has 0 bridgehead atoms. The molecule has 2 heterocycles. The Morgan fingerprint density at radius 2 is 2.15 bits per heavy atom. The molecule has 0 radical (unpaired) electrons. The normalized spacial score (nSPS) is 13.1. The first-order valence-corrected chi connectivity index (χ1v) is 7.33. The molecule has 6 nitrogen and oxygen atoms in total. The van der Waals surface area contributed by atoms with Gasteiger partial charge in [-0.05, 0) is 37.1 Å². The average molecular weight is 341 g/mol. The zero-order valence-corrected chi connectivity index (χ0v) is 13.9. The van der Waals surface area contributed by atoms with Gasteiger partial charge in [-0.1, -0.05) is 0 Å². The Bertz CT molecular complexity index is 559. The number of nitrogens with zero attached hydrogens (tertiary/aromatic N) is 5. The topological polar surface area (TPSA) is 50.9 Å². The number of likely N-dealkylation sites (N-methyl/N-ethyl adjacent to an activating group) is 1. The fourth-order valence-corrected chi connectivity index (χ4v) is 2.73. The van der Waals surface area contributed by atoms with Gasteiger partial charge in [-0.15, -0.1) is 0 Å². The smallest absolute Gasteiger partial charge is 0.0946 e. The molecule has 0 amide bonds. The largest absolute Gasteiger partial charge is 0.336 e. The van der Waals surface area contributed by atoms with Crippen LogP contribution in [0.25, 0.3) is 0 Å². The summed E-state index contributed by atoms with van der Waals surface area (Å²) in [4.78, 5) is 6.35. The van der Waals surface area contributed by atoms with E-state index in [-0.39, 0.29) is 6.04 Å². The number of aromatic nitrogens is 4. The second-order valence-electron chi connectivity index (χ2n) is 5.06. The highest BCUT2D eigenvalue weighted by atomic mass is 79.9. The summed E-state index contributed by atoms with van der Waals surface area (Å²) in [7, 11) is 8.08. The van der Waals surface area contributed by atoms with E-state index in [1.54, 1.807) is 0 Å². The molecular formula is C13H21BrN6. The van der Waals surface area contributed by atoms with Crippen LogP contribution in [0, 0.1) is 0 Å². The number of aryl methyl sites for hydroxylation is 1. The van der Waals surface area contributed by atoms with Crippen molar-refractivity contribution in [1.29, 1.82) is 0 Å². The van der Waals surface area contributed by atoms with Crippen LogP contribution in [-0.4, -0.2) is 51.9 Å². The van der Waals surface area contributed by atoms with Crippen LogP contribution in [0.5, 0.6) is 0 Å². The van der Waals surface area contributed by atoms with E-state index in [4.69, 9.17) is 0 Å². The molecule has 0 aliphatic heterocycles. The zero-order chi connectivity index (χ0) is 14.7. The Hall–Kier alpha value is -1.18. The second-order valence-corrected chi connectivity index (χ2v) is 5.91. The lowest BCUT2D eigenvalue weighted by molar-refractivity contribution is 0.365. The predicted molar refractivity (Wildman–Crippen MR) is 82.6 cm³/mol. The first-order valence-electron chi connectivity index (χ1n) is 6.54. The minimum atomic E-state index is 0.0570. The van der Waals surface area contributed by atoms with Gasteiger partial charge in [0.2, 0.25) is 0 Å². The molecule has 2 rings (SSSR count). The molecule has 0 spiro atoms. The minimum Gasteiger partial charge on any atom is -0.336 e. The van der Waals surface area contributed by atoms with E-state index in [0.717, 1.165) is 29.0 Å². The van der Waals surface area contributed by atoms with Crippen LogP contribution in [0.3, 0.4) is 0 Å². The van der Waals surface area contributed by atoms with Crippen LogP contribution in [0.4, 0.5) is 0 Å². The van der Waals surface area contributed by atoms with Crippen LogP contribution in [0.15, 0.2) is 23.2 Å². The van der Waals surface area contributed by atoms with E-state index in [0.29, 0.717) is 0 Å². The molecule has 1 N–H and O–H groups in total. The number of hydrogen-bond donors (Lipinski definition) is 1. The molecule has 1 atom stereocenters. The second kappa shape index (κ2) is 6.51. The fourth-order valence-electron chi connectivity index (χ4n) is 2.20. The summed E-state index contributed by atoms with van der Waals surface area (Å²) in [6.45, 7) is 1.80. The van der Waals surface area contributed by atoms with Gasteiger partial charge in [-0.25, -0.2) is 4.98 Å². The van der Waals surface area contributed by atoms with Gasteiger partial charge in [0.05, 0.1) is 47.2 Å². The Labute approximate surface area is 127 Å². The molecule has 20 heavy (non-hydrogen) atoms. The summed E-state index contributed by atoms with van der Waals surface area (Å²) >= 11 is 3.61. The molecular weight excluding hydrogens is 320 g/mol. The number of nitrogens with one attached hydrogen (secondary N) is 1. The third-order valence-corrected chi connectivity index (χ3v) is 3.92. The zero-order valence-electron chi connectivity index (χ0n) is 12.3. The number of halogens is 1. The summed E-state index contributed by atoms with van der Waals surface area (Å²) in [5, 5.41) is 7.82. The van der Waals surface area contributed by atoms with Crippen LogP contribution in [0.1, 0.15) is 17.4 Å². The molecule has 1 unspecified atom stereocenters. The minimum absolute atomic E-state index is 0.0570. The van der Waals surface area contributed by atoms with Crippen molar-refractivity contribution in [2.24, 2.45) is 7.05 Å². The Morgan fingerprint density at radius 1 is 1.40 bits per heavy atom. The monoisotopic (exact) mass is 340 g/mol. The predicted octanol–water partition coefficient (Wildman–Crippen LogP) is 1.25. The van der Waals surface area contributed by atoms with Crippen LogP contribution in [0.2, 0.25) is 0 Å². The quantitative estimate of drug-likeness (QED) is 0.859. The third kappa shape index (κ3) is 3.11. The van der Waals surface area contributed by atoms with Crippen molar-refractivity contribution < 1.29 is 0 Å². The van der Waals surface area contributed by atoms with Gasteiger partial charge < -0.3 is 14.8 Å². The molecule has 2 aromatic heterocycles. The van der Waals surface area contributed by atoms with Gasteiger partial charge in [-0.3, -0.25) is 4.68 Å². The third-order valence-electron chi connectivity index (χ3n) is 3.30. The first-order chi connectivity index (χ1) is 9.54. The molecule has 0 saturated carbocycles. The van der Waals surface area contributed by atoms with E-state index >= 15 is 0 Å². The van der Waals surface area contributed by atoms with Gasteiger partial charge in [0.25, 0.3) is 0 Å². The van der Waals surface area contributed by atoms with E-state index in [1.165, 1.54) is 0 Å². The number of rotatable bonds is 6. The van der Waals surface area contributed by atoms with Crippen molar-refractivity contribution in [3.8, 4) is 0 Å². The SMILES string of the molecule is CNC(c1cncn1C)c1c(Br)cnn1CCN(C)C. The summed E-state index contributed by atoms with van der Waals surface area (Å²) in [5.41, 5.74) is 2.23. The fraction of sp³-hybridized carbons (Fsp3) is 0.538. The van der Waals surface area contributed by atoms with Crippen molar-refractivity contribution in [2.75, 3.05) is 27.7 Å². The maximum atomic E-state index is 4.47. The van der Waals surface area contributed by atoms with E-state index in [2.05, 4.69) is 50.3 Å². The van der Waals surface area contributed by atoms with Crippen molar-refractivity contribution in [3.63, 3.8) is 0 Å². The lowest BCUT2D eigenvalue weighted by Crippen LogP contribution is -2.26. The van der Waals surface area contributed by atoms with Crippen LogP contribution in [-0.2, 0) is 13.6 Å². The maximum Gasteiger partial charge on any atom is 0.0946 e. The van der Waals surface area contributed by atoms with Crippen LogP contribution < -0.4 is 5.32 Å². The number of hydrogen-bond acceptors (Lipinski definition) is 4. The van der Waals surface area contributed by atoms with Crippen LogP contribution >= 0.6 is 15.9 Å². The summed E-state index contributed by atoms with van der Waals surface area (Å²) in [6.07, 6.45) is 5.55. The van der Waals surface area contributed by atoms with Crippen molar-refractivity contribution >= 4 is 15.9 Å². The molecule has 110 valence electrons. The maximum absolute atomic E-state index is 4.47. The standard InChI is InChI=1S/C13H21BrN6/c1-15-12(11-8-16-9-19(11)4)13-10(14)7-17-20(13)6-5-18(2)3/h7-9,12,15H,5-6H2,1-4H3. The highest BCUT2D eigenvalue weighted by Gasteiger charge is 2.22. The van der Waals surface area contributed by atoms with E-state index < -0.39 is 0 Å². The summed E-state index contributed by atoms with van der Waals surface area (Å²) in [6, 6.07) is 0.0570. The van der Waals surface area contributed by atoms with Gasteiger partial charge in [0, 0.05) is 13.6 Å². The number of imidazole rings is 1. The van der Waals surface area contributed by atoms with Crippen molar-refractivity contribution in [1.82, 2.24) is 29.5 Å². The van der Waals surface area contributed by atoms with E-state index in [9.17, 15) is 0 Å². The highest BCUT2D eigenvalue weighted by Crippen LogP contribution is 2.28. The summed E-state index contributed by atoms with van der Waals surface area (Å²) in [5.74, 6) is 0. The first kappa shape index (κ1) is 15.2. The van der Waals surface area contributed by atoms with Crippen molar-refractivity contribution in [2.45, 2.75) is 12.6 Å². The molecule has 2 aromatic rings. The lowest BCUT2D eigenvalue weighted by atomic mass is 10.1. The van der Waals surface area contributed by atoms with Crippen molar-refractivity contribution in [3.05, 3.63) is 34.6 Å². The van der Waals surface area contributed by atoms with Gasteiger partial charge >= 0.3 is 0 Å². The van der Waals surface area contributed by atoms with Gasteiger partial charge in [0.15, 0.2) is 0 Å². The van der Waals surface area contributed by atoms with Gasteiger partial charge in [-0.2, -0.15) is 5.10 Å². The molecule has 0 aliphatic rings. The summed E-state index contributed by atoms with van der Waals surface area (Å²) < 4.78 is 5.08. The average Bonchev–Trinajstić information content (AvgIpc) is 2.97. The Morgan fingerprint density at radius 3 is 2.70 bits per heavy atom.